The van der Waals surface area contributed by atoms with Crippen molar-refractivity contribution in [3.8, 4) is 5.75 Å². The van der Waals surface area contributed by atoms with E-state index in [9.17, 15) is 4.79 Å². The number of rotatable bonds is 7. The van der Waals surface area contributed by atoms with Crippen LogP contribution in [0.1, 0.15) is 23.6 Å². The summed E-state index contributed by atoms with van der Waals surface area (Å²) in [5.41, 5.74) is 4.71. The number of hydrogen-bond donors (Lipinski definition) is 1. The zero-order valence-electron chi connectivity index (χ0n) is 16.8. The number of hydrogen-bond acceptors (Lipinski definition) is 3. The van der Waals surface area contributed by atoms with Crippen molar-refractivity contribution in [3.63, 3.8) is 0 Å². The zero-order valence-corrected chi connectivity index (χ0v) is 20.0. The van der Waals surface area contributed by atoms with Crippen LogP contribution in [0.3, 0.4) is 0 Å². The SMILES string of the molecule is CCc1ccc(N=Cc2cc(Br)cc(Br)c2OCC(=O)Nc2cccc(C)c2)cc1. The van der Waals surface area contributed by atoms with Crippen molar-refractivity contribution >= 4 is 55.4 Å². The lowest BCUT2D eigenvalue weighted by Crippen LogP contribution is -2.20. The van der Waals surface area contributed by atoms with Gasteiger partial charge in [0, 0.05) is 21.9 Å². The van der Waals surface area contributed by atoms with Crippen molar-refractivity contribution < 1.29 is 9.53 Å². The summed E-state index contributed by atoms with van der Waals surface area (Å²) in [6, 6.07) is 19.5. The molecule has 0 spiro atoms. The molecule has 0 radical (unpaired) electrons. The summed E-state index contributed by atoms with van der Waals surface area (Å²) in [6.07, 6.45) is 2.73. The van der Waals surface area contributed by atoms with Crippen LogP contribution in [-0.4, -0.2) is 18.7 Å². The third kappa shape index (κ3) is 6.28. The second-order valence-electron chi connectivity index (χ2n) is 6.79. The van der Waals surface area contributed by atoms with Crippen molar-refractivity contribution in [1.29, 1.82) is 0 Å². The van der Waals surface area contributed by atoms with Crippen molar-refractivity contribution in [2.75, 3.05) is 11.9 Å². The molecule has 0 saturated carbocycles. The second-order valence-corrected chi connectivity index (χ2v) is 8.56. The first kappa shape index (κ1) is 22.2. The average Bonchev–Trinajstić information content (AvgIpc) is 2.71. The van der Waals surface area contributed by atoms with E-state index < -0.39 is 0 Å². The molecule has 0 aliphatic carbocycles. The van der Waals surface area contributed by atoms with Gasteiger partial charge >= 0.3 is 0 Å². The summed E-state index contributed by atoms with van der Waals surface area (Å²) < 4.78 is 7.46. The Balaban J connectivity index is 1.73. The maximum absolute atomic E-state index is 12.3. The Hall–Kier alpha value is -2.44. The van der Waals surface area contributed by atoms with E-state index in [1.807, 2.05) is 55.5 Å². The van der Waals surface area contributed by atoms with Gasteiger partial charge in [-0.05, 0) is 76.8 Å². The van der Waals surface area contributed by atoms with Crippen LogP contribution < -0.4 is 10.1 Å². The van der Waals surface area contributed by atoms with Crippen molar-refractivity contribution in [2.24, 2.45) is 4.99 Å². The lowest BCUT2D eigenvalue weighted by Gasteiger charge is -2.12. The number of halogens is 2. The number of benzene rings is 3. The van der Waals surface area contributed by atoms with Gasteiger partial charge in [-0.25, -0.2) is 0 Å². The van der Waals surface area contributed by atoms with E-state index in [1.165, 1.54) is 5.56 Å². The first-order chi connectivity index (χ1) is 14.4. The quantitative estimate of drug-likeness (QED) is 0.340. The Morgan fingerprint density at radius 2 is 1.87 bits per heavy atom. The molecule has 4 nitrogen and oxygen atoms in total. The molecule has 0 aliphatic heterocycles. The molecule has 0 aromatic heterocycles. The highest BCUT2D eigenvalue weighted by atomic mass is 79.9. The van der Waals surface area contributed by atoms with Crippen LogP contribution in [0, 0.1) is 6.92 Å². The molecule has 1 N–H and O–H groups in total. The smallest absolute Gasteiger partial charge is 0.262 e. The summed E-state index contributed by atoms with van der Waals surface area (Å²) in [5, 5.41) is 2.85. The van der Waals surface area contributed by atoms with Gasteiger partial charge in [0.05, 0.1) is 10.2 Å². The number of nitrogens with one attached hydrogen (secondary N) is 1. The van der Waals surface area contributed by atoms with Gasteiger partial charge in [-0.15, -0.1) is 0 Å². The van der Waals surface area contributed by atoms with Crippen LogP contribution >= 0.6 is 31.9 Å². The third-order valence-corrected chi connectivity index (χ3v) is 5.43. The van der Waals surface area contributed by atoms with E-state index in [1.54, 1.807) is 6.21 Å². The highest BCUT2D eigenvalue weighted by molar-refractivity contribution is 9.11. The van der Waals surface area contributed by atoms with Crippen molar-refractivity contribution in [2.45, 2.75) is 20.3 Å². The normalized spacial score (nSPS) is 10.9. The summed E-state index contributed by atoms with van der Waals surface area (Å²) in [6.45, 7) is 3.99. The molecule has 6 heteroatoms. The largest absolute Gasteiger partial charge is 0.482 e. The zero-order chi connectivity index (χ0) is 21.5. The van der Waals surface area contributed by atoms with E-state index in [2.05, 4.69) is 61.2 Å². The maximum Gasteiger partial charge on any atom is 0.262 e. The molecule has 0 unspecified atom stereocenters. The van der Waals surface area contributed by atoms with Crippen LogP contribution in [0.4, 0.5) is 11.4 Å². The predicted octanol–water partition coefficient (Wildman–Crippen LogP) is 6.85. The molecule has 0 aliphatic rings. The van der Waals surface area contributed by atoms with Gasteiger partial charge in [-0.2, -0.15) is 0 Å². The number of carbonyl (C=O) groups excluding carboxylic acids is 1. The fraction of sp³-hybridized carbons (Fsp3) is 0.167. The fourth-order valence-corrected chi connectivity index (χ4v) is 4.22. The lowest BCUT2D eigenvalue weighted by molar-refractivity contribution is -0.118. The first-order valence-corrected chi connectivity index (χ1v) is 11.1. The number of aliphatic imine (C=N–C) groups is 1. The van der Waals surface area contributed by atoms with Gasteiger partial charge in [0.15, 0.2) is 6.61 Å². The van der Waals surface area contributed by atoms with E-state index in [0.717, 1.165) is 37.9 Å². The Kier molecular flexibility index (Phi) is 7.82. The Morgan fingerprint density at radius 1 is 1.10 bits per heavy atom. The minimum absolute atomic E-state index is 0.111. The minimum Gasteiger partial charge on any atom is -0.482 e. The summed E-state index contributed by atoms with van der Waals surface area (Å²) in [7, 11) is 0. The van der Waals surface area contributed by atoms with Crippen LogP contribution in [-0.2, 0) is 11.2 Å². The summed E-state index contributed by atoms with van der Waals surface area (Å²) in [5.74, 6) is 0.333. The molecule has 1 amide bonds. The molecule has 0 heterocycles. The standard InChI is InChI=1S/C24H22Br2N2O2/c1-3-17-7-9-20(10-8-17)27-14-18-12-19(25)13-22(26)24(18)30-15-23(29)28-21-6-4-5-16(2)11-21/h4-14H,3,15H2,1-2H3,(H,28,29). The van der Waals surface area contributed by atoms with E-state index in [0.29, 0.717) is 5.75 Å². The Bertz CT molecular complexity index is 1060. The molecule has 0 saturated heterocycles. The second kappa shape index (κ2) is 10.5. The van der Waals surface area contributed by atoms with Gasteiger partial charge in [-0.3, -0.25) is 9.79 Å². The predicted molar refractivity (Wildman–Crippen MR) is 130 cm³/mol. The molecule has 0 bridgehead atoms. The van der Waals surface area contributed by atoms with E-state index >= 15 is 0 Å². The molecule has 30 heavy (non-hydrogen) atoms. The molecule has 0 fully saturated rings. The van der Waals surface area contributed by atoms with Crippen LogP contribution in [0.2, 0.25) is 0 Å². The molecular formula is C24H22Br2N2O2. The van der Waals surface area contributed by atoms with Gasteiger partial charge in [-0.1, -0.05) is 47.1 Å². The topological polar surface area (TPSA) is 50.7 Å². The number of amides is 1. The van der Waals surface area contributed by atoms with Gasteiger partial charge in [0.25, 0.3) is 5.91 Å². The number of aryl methyl sites for hydroxylation is 2. The number of ether oxygens (including phenoxy) is 1. The Morgan fingerprint density at radius 3 is 2.57 bits per heavy atom. The van der Waals surface area contributed by atoms with Crippen LogP contribution in [0.5, 0.6) is 5.75 Å². The summed E-state index contributed by atoms with van der Waals surface area (Å²) >= 11 is 7.02. The number of nitrogens with zero attached hydrogens (tertiary/aromatic N) is 1. The maximum atomic E-state index is 12.3. The number of carbonyl (C=O) groups is 1. The molecule has 3 rings (SSSR count). The van der Waals surface area contributed by atoms with Crippen molar-refractivity contribution in [3.05, 3.63) is 86.3 Å². The van der Waals surface area contributed by atoms with E-state index in [-0.39, 0.29) is 12.5 Å². The monoisotopic (exact) mass is 528 g/mol. The van der Waals surface area contributed by atoms with Crippen molar-refractivity contribution in [1.82, 2.24) is 0 Å². The van der Waals surface area contributed by atoms with E-state index in [4.69, 9.17) is 4.74 Å². The van der Waals surface area contributed by atoms with Gasteiger partial charge < -0.3 is 10.1 Å². The number of anilines is 1. The third-order valence-electron chi connectivity index (χ3n) is 4.38. The minimum atomic E-state index is -0.228. The van der Waals surface area contributed by atoms with Crippen LogP contribution in [0.25, 0.3) is 0 Å². The highest BCUT2D eigenvalue weighted by Gasteiger charge is 2.12. The van der Waals surface area contributed by atoms with Crippen LogP contribution in [0.15, 0.2) is 74.6 Å². The van der Waals surface area contributed by atoms with Gasteiger partial charge in [0.2, 0.25) is 0 Å². The molecule has 3 aromatic carbocycles. The molecule has 3 aromatic rings. The average molecular weight is 530 g/mol. The molecular weight excluding hydrogens is 508 g/mol. The van der Waals surface area contributed by atoms with Gasteiger partial charge in [0.1, 0.15) is 5.75 Å². The lowest BCUT2D eigenvalue weighted by atomic mass is 10.1. The fourth-order valence-electron chi connectivity index (χ4n) is 2.85. The summed E-state index contributed by atoms with van der Waals surface area (Å²) in [4.78, 5) is 16.9. The molecule has 154 valence electrons. The highest BCUT2D eigenvalue weighted by Crippen LogP contribution is 2.32. The first-order valence-electron chi connectivity index (χ1n) is 9.56. The Labute approximate surface area is 193 Å². The molecule has 0 atom stereocenters.